The van der Waals surface area contributed by atoms with E-state index in [2.05, 4.69) is 18.7 Å². The minimum Gasteiger partial charge on any atom is -0.466 e. The van der Waals surface area contributed by atoms with Crippen LogP contribution in [0.15, 0.2) is 42.9 Å². The summed E-state index contributed by atoms with van der Waals surface area (Å²) in [7, 11) is 0. The Balaban J connectivity index is 2.13. The fourth-order valence-electron chi connectivity index (χ4n) is 1.43. The zero-order chi connectivity index (χ0) is 9.10. The molecule has 1 unspecified atom stereocenters. The summed E-state index contributed by atoms with van der Waals surface area (Å²) in [5.74, 6) is 0.431. The molecule has 0 spiro atoms. The highest BCUT2D eigenvalue weighted by Crippen LogP contribution is 2.27. The highest BCUT2D eigenvalue weighted by Gasteiger charge is 2.18. The van der Waals surface area contributed by atoms with Crippen molar-refractivity contribution in [1.82, 2.24) is 0 Å². The van der Waals surface area contributed by atoms with Gasteiger partial charge in [0.2, 0.25) is 0 Å². The third-order valence-electron chi connectivity index (χ3n) is 2.09. The van der Waals surface area contributed by atoms with Gasteiger partial charge in [0.15, 0.2) is 0 Å². The first-order valence-electron chi connectivity index (χ1n) is 4.39. The Hall–Kier alpha value is -1.44. The Kier molecular flexibility index (Phi) is 2.21. The van der Waals surface area contributed by atoms with E-state index in [0.29, 0.717) is 12.6 Å². The number of benzene rings is 1. The van der Waals surface area contributed by atoms with Crippen LogP contribution >= 0.6 is 0 Å². The first-order chi connectivity index (χ1) is 6.36. The van der Waals surface area contributed by atoms with Crippen LogP contribution in [0, 0.1) is 0 Å². The van der Waals surface area contributed by atoms with Crippen molar-refractivity contribution in [2.24, 2.45) is 0 Å². The summed E-state index contributed by atoms with van der Waals surface area (Å²) in [4.78, 5) is 0. The van der Waals surface area contributed by atoms with Gasteiger partial charge >= 0.3 is 0 Å². The smallest absolute Gasteiger partial charge is 0.272 e. The highest BCUT2D eigenvalue weighted by atomic mass is 16.7. The Labute approximate surface area is 77.8 Å². The third-order valence-corrected chi connectivity index (χ3v) is 2.09. The lowest BCUT2D eigenvalue weighted by Crippen LogP contribution is -2.14. The predicted octanol–water partition coefficient (Wildman–Crippen LogP) is 2.64. The van der Waals surface area contributed by atoms with E-state index in [9.17, 15) is 0 Å². The molecule has 0 aliphatic carbocycles. The topological polar surface area (TPSA) is 18.5 Å². The van der Waals surface area contributed by atoms with Crippen LogP contribution in [0.3, 0.4) is 0 Å². The molecule has 0 saturated carbocycles. The van der Waals surface area contributed by atoms with Gasteiger partial charge in [0.1, 0.15) is 6.10 Å². The normalized spacial score (nSPS) is 21.8. The molecule has 1 aromatic carbocycles. The average Bonchev–Trinajstić information content (AvgIpc) is 2.19. The van der Waals surface area contributed by atoms with Gasteiger partial charge in [-0.3, -0.25) is 0 Å². The maximum absolute atomic E-state index is 5.46. The van der Waals surface area contributed by atoms with Gasteiger partial charge in [-0.25, -0.2) is 0 Å². The van der Waals surface area contributed by atoms with Crippen LogP contribution in [-0.4, -0.2) is 6.61 Å². The van der Waals surface area contributed by atoms with Crippen LogP contribution in [0.5, 0.6) is 0 Å². The van der Waals surface area contributed by atoms with E-state index in [4.69, 9.17) is 9.47 Å². The number of hydrogen-bond acceptors (Lipinski definition) is 2. The number of hydrogen-bond donors (Lipinski definition) is 0. The van der Waals surface area contributed by atoms with Gasteiger partial charge < -0.3 is 9.47 Å². The van der Waals surface area contributed by atoms with Crippen molar-refractivity contribution < 1.29 is 9.47 Å². The molecule has 1 aliphatic rings. The molecule has 1 aromatic rings. The second-order valence-corrected chi connectivity index (χ2v) is 3.03. The largest absolute Gasteiger partial charge is 0.466 e. The lowest BCUT2D eigenvalue weighted by Gasteiger charge is -2.25. The van der Waals surface area contributed by atoms with Crippen molar-refractivity contribution in [1.29, 1.82) is 0 Å². The van der Waals surface area contributed by atoms with E-state index < -0.39 is 0 Å². The monoisotopic (exact) mass is 176 g/mol. The molecular weight excluding hydrogens is 164 g/mol. The zero-order valence-corrected chi connectivity index (χ0v) is 7.40. The Morgan fingerprint density at radius 2 is 2.00 bits per heavy atom. The van der Waals surface area contributed by atoms with Crippen LogP contribution in [0.1, 0.15) is 18.1 Å². The SMILES string of the molecule is C=C1OCCC(c2ccccc2)O1. The van der Waals surface area contributed by atoms with E-state index in [-0.39, 0.29) is 6.10 Å². The highest BCUT2D eigenvalue weighted by molar-refractivity contribution is 5.18. The molecular formula is C11H12O2. The molecule has 0 radical (unpaired) electrons. The summed E-state index contributed by atoms with van der Waals surface area (Å²) >= 11 is 0. The molecule has 2 heteroatoms. The zero-order valence-electron chi connectivity index (χ0n) is 7.40. The van der Waals surface area contributed by atoms with Crippen molar-refractivity contribution in [3.63, 3.8) is 0 Å². The van der Waals surface area contributed by atoms with E-state index >= 15 is 0 Å². The fraction of sp³-hybridized carbons (Fsp3) is 0.273. The molecule has 68 valence electrons. The minimum atomic E-state index is 0.113. The molecule has 0 N–H and O–H groups in total. The van der Waals surface area contributed by atoms with Crippen molar-refractivity contribution in [3.8, 4) is 0 Å². The molecule has 1 fully saturated rings. The molecule has 2 rings (SSSR count). The van der Waals surface area contributed by atoms with Gasteiger partial charge in [0.25, 0.3) is 5.95 Å². The van der Waals surface area contributed by atoms with Crippen LogP contribution in [0.4, 0.5) is 0 Å². The summed E-state index contributed by atoms with van der Waals surface area (Å²) < 4.78 is 10.6. The van der Waals surface area contributed by atoms with Crippen molar-refractivity contribution in [3.05, 3.63) is 48.4 Å². The molecule has 1 atom stereocenters. The molecule has 2 nitrogen and oxygen atoms in total. The van der Waals surface area contributed by atoms with Crippen LogP contribution in [0.25, 0.3) is 0 Å². The summed E-state index contributed by atoms with van der Waals surface area (Å²) in [6.07, 6.45) is 1.01. The first kappa shape index (κ1) is 8.17. The molecule has 0 amide bonds. The van der Waals surface area contributed by atoms with E-state index in [1.807, 2.05) is 18.2 Å². The second-order valence-electron chi connectivity index (χ2n) is 3.03. The molecule has 1 saturated heterocycles. The maximum Gasteiger partial charge on any atom is 0.272 e. The predicted molar refractivity (Wildman–Crippen MR) is 50.0 cm³/mol. The lowest BCUT2D eigenvalue weighted by molar-refractivity contribution is -0.0637. The second kappa shape index (κ2) is 3.52. The van der Waals surface area contributed by atoms with Gasteiger partial charge in [-0.15, -0.1) is 0 Å². The molecule has 13 heavy (non-hydrogen) atoms. The van der Waals surface area contributed by atoms with Crippen LogP contribution in [-0.2, 0) is 9.47 Å². The Bertz CT molecular complexity index is 292. The summed E-state index contributed by atoms with van der Waals surface area (Å²) in [6, 6.07) is 10.1. The van der Waals surface area contributed by atoms with Crippen molar-refractivity contribution in [2.75, 3.05) is 6.61 Å². The van der Waals surface area contributed by atoms with Crippen LogP contribution in [0.2, 0.25) is 0 Å². The van der Waals surface area contributed by atoms with E-state index in [0.717, 1.165) is 6.42 Å². The number of rotatable bonds is 1. The van der Waals surface area contributed by atoms with E-state index in [1.165, 1.54) is 5.56 Å². The molecule has 0 bridgehead atoms. The minimum absolute atomic E-state index is 0.113. The van der Waals surface area contributed by atoms with Gasteiger partial charge in [-0.1, -0.05) is 30.3 Å². The summed E-state index contributed by atoms with van der Waals surface area (Å²) in [5.41, 5.74) is 1.19. The Morgan fingerprint density at radius 1 is 1.23 bits per heavy atom. The third kappa shape index (κ3) is 1.83. The maximum atomic E-state index is 5.46. The number of ether oxygens (including phenoxy) is 2. The van der Waals surface area contributed by atoms with Gasteiger partial charge in [0, 0.05) is 6.42 Å². The summed E-state index contributed by atoms with van der Waals surface area (Å²) in [6.45, 7) is 4.34. The molecule has 1 heterocycles. The summed E-state index contributed by atoms with van der Waals surface area (Å²) in [5, 5.41) is 0. The first-order valence-corrected chi connectivity index (χ1v) is 4.39. The standard InChI is InChI=1S/C11H12O2/c1-9-12-8-7-11(13-9)10-5-3-2-4-6-10/h2-6,11H,1,7-8H2. The van der Waals surface area contributed by atoms with Gasteiger partial charge in [-0.05, 0) is 12.1 Å². The Morgan fingerprint density at radius 3 is 2.69 bits per heavy atom. The van der Waals surface area contributed by atoms with Gasteiger partial charge in [0.05, 0.1) is 6.61 Å². The van der Waals surface area contributed by atoms with Crippen molar-refractivity contribution in [2.45, 2.75) is 12.5 Å². The lowest BCUT2D eigenvalue weighted by atomic mass is 10.1. The van der Waals surface area contributed by atoms with Gasteiger partial charge in [-0.2, -0.15) is 0 Å². The average molecular weight is 176 g/mol. The van der Waals surface area contributed by atoms with Crippen LogP contribution < -0.4 is 0 Å². The van der Waals surface area contributed by atoms with Crippen molar-refractivity contribution >= 4 is 0 Å². The fourth-order valence-corrected chi connectivity index (χ4v) is 1.43. The molecule has 1 aliphatic heterocycles. The quantitative estimate of drug-likeness (QED) is 0.654. The van der Waals surface area contributed by atoms with E-state index in [1.54, 1.807) is 0 Å². The molecule has 0 aromatic heterocycles.